The maximum absolute atomic E-state index is 5.85. The second-order valence-electron chi connectivity index (χ2n) is 3.07. The molecule has 2 rings (SSSR count). The number of amidine groups is 1. The van der Waals surface area contributed by atoms with E-state index in [0.717, 1.165) is 35.9 Å². The molecule has 0 radical (unpaired) electrons. The zero-order valence-corrected chi connectivity index (χ0v) is 9.15. The Balaban J connectivity index is 0.000000980. The fourth-order valence-corrected chi connectivity index (χ4v) is 1.56. The Morgan fingerprint density at radius 1 is 1.36 bits per heavy atom. The van der Waals surface area contributed by atoms with Crippen LogP contribution in [-0.4, -0.2) is 12.4 Å². The van der Waals surface area contributed by atoms with Gasteiger partial charge in [0.05, 0.1) is 0 Å². The first-order valence-corrected chi connectivity index (χ1v) is 4.78. The summed E-state index contributed by atoms with van der Waals surface area (Å²) in [6.07, 6.45) is 2.20. The minimum Gasteiger partial charge on any atom is -1.00 e. The highest BCUT2D eigenvalue weighted by molar-refractivity contribution is 6.30. The first-order chi connectivity index (χ1) is 6.34. The highest BCUT2D eigenvalue weighted by Gasteiger charge is 2.05. The van der Waals surface area contributed by atoms with E-state index in [1.54, 1.807) is 0 Å². The van der Waals surface area contributed by atoms with E-state index in [2.05, 4.69) is 10.3 Å². The van der Waals surface area contributed by atoms with Crippen molar-refractivity contribution in [3.8, 4) is 0 Å². The SMILES string of the molecule is Clc1cccc(NC2=NCCC2)c1.[Cl-]. The Morgan fingerprint density at radius 3 is 2.86 bits per heavy atom. The number of nitrogens with zero attached hydrogens (tertiary/aromatic N) is 1. The molecule has 0 saturated heterocycles. The van der Waals surface area contributed by atoms with Crippen LogP contribution in [0.5, 0.6) is 0 Å². The third-order valence-corrected chi connectivity index (χ3v) is 2.22. The van der Waals surface area contributed by atoms with Crippen molar-refractivity contribution in [2.24, 2.45) is 4.99 Å². The van der Waals surface area contributed by atoms with E-state index < -0.39 is 0 Å². The minimum absolute atomic E-state index is 0. The molecule has 1 aliphatic heterocycles. The second kappa shape index (κ2) is 5.23. The van der Waals surface area contributed by atoms with Crippen molar-refractivity contribution in [3.05, 3.63) is 29.3 Å². The van der Waals surface area contributed by atoms with Gasteiger partial charge in [-0.1, -0.05) is 17.7 Å². The summed E-state index contributed by atoms with van der Waals surface area (Å²) in [4.78, 5) is 4.32. The molecule has 1 aromatic rings. The monoisotopic (exact) mass is 229 g/mol. The van der Waals surface area contributed by atoms with Gasteiger partial charge in [0, 0.05) is 23.7 Å². The van der Waals surface area contributed by atoms with E-state index in [1.807, 2.05) is 24.3 Å². The molecule has 2 nitrogen and oxygen atoms in total. The van der Waals surface area contributed by atoms with Gasteiger partial charge in [0.2, 0.25) is 0 Å². The smallest absolute Gasteiger partial charge is 0.101 e. The summed E-state index contributed by atoms with van der Waals surface area (Å²) in [6, 6.07) is 7.69. The molecule has 4 heteroatoms. The summed E-state index contributed by atoms with van der Waals surface area (Å²) in [5.41, 5.74) is 1.02. The van der Waals surface area contributed by atoms with Crippen LogP contribution in [-0.2, 0) is 0 Å². The van der Waals surface area contributed by atoms with Gasteiger partial charge in [0.1, 0.15) is 5.84 Å². The predicted octanol–water partition coefficient (Wildman–Crippen LogP) is -0.0518. The molecule has 0 aromatic heterocycles. The van der Waals surface area contributed by atoms with Crippen LogP contribution < -0.4 is 17.7 Å². The fraction of sp³-hybridized carbons (Fsp3) is 0.300. The first kappa shape index (κ1) is 11.3. The van der Waals surface area contributed by atoms with Crippen LogP contribution in [0.2, 0.25) is 5.02 Å². The third kappa shape index (κ3) is 2.89. The summed E-state index contributed by atoms with van der Waals surface area (Å²) in [5.74, 6) is 1.07. The lowest BCUT2D eigenvalue weighted by Gasteiger charge is -2.04. The molecule has 14 heavy (non-hydrogen) atoms. The van der Waals surface area contributed by atoms with Crippen LogP contribution in [0.4, 0.5) is 5.69 Å². The standard InChI is InChI=1S/C10H11ClN2.ClH/c11-8-3-1-4-9(7-8)13-10-5-2-6-12-10;/h1,3-4,7H,2,5-6H2,(H,12,13);1H/p-1. The van der Waals surface area contributed by atoms with Crippen molar-refractivity contribution in [2.45, 2.75) is 12.8 Å². The van der Waals surface area contributed by atoms with Gasteiger partial charge in [-0.3, -0.25) is 4.99 Å². The van der Waals surface area contributed by atoms with Gasteiger partial charge in [-0.25, -0.2) is 0 Å². The number of hydrogen-bond acceptors (Lipinski definition) is 2. The second-order valence-corrected chi connectivity index (χ2v) is 3.50. The molecule has 0 aliphatic carbocycles. The first-order valence-electron chi connectivity index (χ1n) is 4.40. The van der Waals surface area contributed by atoms with Crippen molar-refractivity contribution in [1.82, 2.24) is 0 Å². The van der Waals surface area contributed by atoms with Gasteiger partial charge in [-0.15, -0.1) is 0 Å². The van der Waals surface area contributed by atoms with E-state index in [0.29, 0.717) is 0 Å². The third-order valence-electron chi connectivity index (χ3n) is 1.99. The molecule has 76 valence electrons. The molecule has 0 fully saturated rings. The highest BCUT2D eigenvalue weighted by atomic mass is 35.5. The van der Waals surface area contributed by atoms with E-state index in [-0.39, 0.29) is 12.4 Å². The fourth-order valence-electron chi connectivity index (χ4n) is 1.37. The number of rotatable bonds is 1. The Kier molecular flexibility index (Phi) is 4.23. The molecule has 0 unspecified atom stereocenters. The molecule has 0 atom stereocenters. The van der Waals surface area contributed by atoms with Crippen LogP contribution in [0.1, 0.15) is 12.8 Å². The minimum atomic E-state index is 0. The molecular formula is C10H11Cl2N2-. The van der Waals surface area contributed by atoms with Crippen LogP contribution in [0, 0.1) is 0 Å². The number of hydrogen-bond donors (Lipinski definition) is 1. The van der Waals surface area contributed by atoms with Crippen molar-refractivity contribution < 1.29 is 12.4 Å². The Labute approximate surface area is 94.8 Å². The topological polar surface area (TPSA) is 24.4 Å². The molecular weight excluding hydrogens is 219 g/mol. The lowest BCUT2D eigenvalue weighted by atomic mass is 10.3. The molecule has 1 heterocycles. The normalized spacial score (nSPS) is 14.5. The summed E-state index contributed by atoms with van der Waals surface area (Å²) < 4.78 is 0. The molecule has 0 saturated carbocycles. The predicted molar refractivity (Wildman–Crippen MR) is 56.6 cm³/mol. The molecule has 1 aliphatic rings. The van der Waals surface area contributed by atoms with Gasteiger partial charge in [0.15, 0.2) is 0 Å². The summed E-state index contributed by atoms with van der Waals surface area (Å²) in [6.45, 7) is 0.947. The van der Waals surface area contributed by atoms with Crippen LogP contribution in [0.15, 0.2) is 29.3 Å². The zero-order chi connectivity index (χ0) is 9.10. The summed E-state index contributed by atoms with van der Waals surface area (Å²) in [5, 5.41) is 4.00. The molecule has 0 amide bonds. The number of benzene rings is 1. The van der Waals surface area contributed by atoms with Crippen LogP contribution in [0.25, 0.3) is 0 Å². The Bertz CT molecular complexity index is 337. The summed E-state index contributed by atoms with van der Waals surface area (Å²) in [7, 11) is 0. The summed E-state index contributed by atoms with van der Waals surface area (Å²) >= 11 is 5.85. The molecule has 1 N–H and O–H groups in total. The van der Waals surface area contributed by atoms with Gasteiger partial charge in [0.25, 0.3) is 0 Å². The van der Waals surface area contributed by atoms with E-state index in [4.69, 9.17) is 11.6 Å². The lowest BCUT2D eigenvalue weighted by Crippen LogP contribution is -3.00. The number of aliphatic imine (C=N–C) groups is 1. The average molecular weight is 230 g/mol. The van der Waals surface area contributed by atoms with E-state index >= 15 is 0 Å². The highest BCUT2D eigenvalue weighted by Crippen LogP contribution is 2.16. The number of anilines is 1. The molecule has 0 bridgehead atoms. The molecule has 1 aromatic carbocycles. The number of nitrogens with one attached hydrogen (secondary N) is 1. The van der Waals surface area contributed by atoms with Crippen molar-refractivity contribution in [1.29, 1.82) is 0 Å². The van der Waals surface area contributed by atoms with Gasteiger partial charge in [-0.2, -0.15) is 0 Å². The lowest BCUT2D eigenvalue weighted by molar-refractivity contribution is -0.00000258. The maximum Gasteiger partial charge on any atom is 0.101 e. The maximum atomic E-state index is 5.85. The number of halogens is 2. The largest absolute Gasteiger partial charge is 1.00 e. The van der Waals surface area contributed by atoms with E-state index in [1.165, 1.54) is 0 Å². The quantitative estimate of drug-likeness (QED) is 0.718. The van der Waals surface area contributed by atoms with Crippen molar-refractivity contribution >= 4 is 23.1 Å². The van der Waals surface area contributed by atoms with Gasteiger partial charge < -0.3 is 17.7 Å². The van der Waals surface area contributed by atoms with Crippen molar-refractivity contribution in [2.75, 3.05) is 11.9 Å². The molecule has 0 spiro atoms. The van der Waals surface area contributed by atoms with Gasteiger partial charge >= 0.3 is 0 Å². The van der Waals surface area contributed by atoms with Gasteiger partial charge in [-0.05, 0) is 24.6 Å². The van der Waals surface area contributed by atoms with E-state index in [9.17, 15) is 0 Å². The Hall–Kier alpha value is -0.730. The Morgan fingerprint density at radius 2 is 2.21 bits per heavy atom. The van der Waals surface area contributed by atoms with Crippen molar-refractivity contribution in [3.63, 3.8) is 0 Å². The van der Waals surface area contributed by atoms with Crippen LogP contribution >= 0.6 is 11.6 Å². The zero-order valence-electron chi connectivity index (χ0n) is 7.63. The average Bonchev–Trinajstić information content (AvgIpc) is 2.57. The van der Waals surface area contributed by atoms with Crippen LogP contribution in [0.3, 0.4) is 0 Å².